The number of benzene rings is 1. The maximum Gasteiger partial charge on any atom is 0.322 e. The molecule has 222 valence electrons. The van der Waals surface area contributed by atoms with E-state index in [1.54, 1.807) is 25.1 Å². The smallest absolute Gasteiger partial charge is 0.322 e. The predicted octanol–water partition coefficient (Wildman–Crippen LogP) is 4.01. The number of ether oxygens (including phenoxy) is 1. The molecular weight excluding hydrogens is 541 g/mol. The zero-order valence-electron chi connectivity index (χ0n) is 24.2. The maximum atomic E-state index is 15.0. The second-order valence-corrected chi connectivity index (χ2v) is 11.5. The molecule has 3 aromatic rings. The highest BCUT2D eigenvalue weighted by Gasteiger charge is 2.52. The van der Waals surface area contributed by atoms with Crippen molar-refractivity contribution >= 4 is 34.6 Å². The molecule has 42 heavy (non-hydrogen) atoms. The third-order valence-electron chi connectivity index (χ3n) is 9.00. The van der Waals surface area contributed by atoms with Gasteiger partial charge >= 0.3 is 6.03 Å². The van der Waals surface area contributed by atoms with Crippen molar-refractivity contribution in [1.29, 1.82) is 0 Å². The number of amides is 3. The first-order valence-corrected chi connectivity index (χ1v) is 14.7. The van der Waals surface area contributed by atoms with Crippen molar-refractivity contribution in [3.8, 4) is 5.75 Å². The van der Waals surface area contributed by atoms with E-state index in [2.05, 4.69) is 27.4 Å². The van der Waals surface area contributed by atoms with Crippen LogP contribution in [0.2, 0.25) is 0 Å². The van der Waals surface area contributed by atoms with Crippen LogP contribution < -0.4 is 20.3 Å². The molecule has 3 atom stereocenters. The summed E-state index contributed by atoms with van der Waals surface area (Å²) in [6.45, 7) is 10.9. The first kappa shape index (κ1) is 28.1. The minimum Gasteiger partial charge on any atom is -0.491 e. The molecule has 6 rings (SSSR count). The second-order valence-electron chi connectivity index (χ2n) is 11.5. The standard InChI is InChI=1S/C31H36FN5O5/c1-4-36-10-12-37(13-11-36)26-9-8-23-21(33-26)16-25(42-23)31(29(39)34-30(40)35-31)17-18(3)20-14-19-6-7-24(41-5-2)28(32)27(19)22(38)15-20/h6-9,16,18,20H,4-5,10-15,17H2,1-3H3,(H2,34,35,39,40). The van der Waals surface area contributed by atoms with E-state index in [0.717, 1.165) is 38.5 Å². The Hall–Kier alpha value is -3.99. The topological polar surface area (TPSA) is 117 Å². The number of nitrogens with zero attached hydrogens (tertiary/aromatic N) is 3. The molecular formula is C31H36FN5O5. The highest BCUT2D eigenvalue weighted by molar-refractivity contribution is 6.07. The van der Waals surface area contributed by atoms with Gasteiger partial charge < -0.3 is 24.3 Å². The Bertz CT molecular complexity index is 1550. The fourth-order valence-electron chi connectivity index (χ4n) is 6.58. The Labute approximate surface area is 243 Å². The first-order chi connectivity index (χ1) is 20.2. The number of carbonyl (C=O) groups excluding carboxylic acids is 3. The van der Waals surface area contributed by atoms with Crippen molar-refractivity contribution in [3.05, 3.63) is 53.0 Å². The zero-order valence-corrected chi connectivity index (χ0v) is 24.2. The number of likely N-dealkylation sites (N-methyl/N-ethyl adjacent to an activating group) is 1. The Morgan fingerprint density at radius 1 is 1.12 bits per heavy atom. The number of hydrogen-bond acceptors (Lipinski definition) is 8. The second kappa shape index (κ2) is 11.0. The van der Waals surface area contributed by atoms with E-state index in [9.17, 15) is 14.4 Å². The van der Waals surface area contributed by atoms with Gasteiger partial charge in [-0.05, 0) is 61.9 Å². The van der Waals surface area contributed by atoms with Gasteiger partial charge in [0, 0.05) is 38.7 Å². The lowest BCUT2D eigenvalue weighted by molar-refractivity contribution is -0.125. The fraction of sp³-hybridized carbons (Fsp3) is 0.484. The van der Waals surface area contributed by atoms with Crippen molar-refractivity contribution in [2.24, 2.45) is 11.8 Å². The number of halogens is 1. The molecule has 4 heterocycles. The average Bonchev–Trinajstić information content (AvgIpc) is 3.54. The number of anilines is 1. The number of ketones is 1. The highest BCUT2D eigenvalue weighted by Crippen LogP contribution is 2.41. The zero-order chi connectivity index (χ0) is 29.6. The first-order valence-electron chi connectivity index (χ1n) is 14.7. The summed E-state index contributed by atoms with van der Waals surface area (Å²) in [4.78, 5) is 48.4. The molecule has 0 radical (unpaired) electrons. The lowest BCUT2D eigenvalue weighted by atomic mass is 9.72. The molecule has 1 aromatic carbocycles. The summed E-state index contributed by atoms with van der Waals surface area (Å²) in [6.07, 6.45) is 0.791. The lowest BCUT2D eigenvalue weighted by Crippen LogP contribution is -2.46. The molecule has 2 aromatic heterocycles. The van der Waals surface area contributed by atoms with Crippen LogP contribution in [0.5, 0.6) is 5.75 Å². The summed E-state index contributed by atoms with van der Waals surface area (Å²) in [7, 11) is 0. The summed E-state index contributed by atoms with van der Waals surface area (Å²) < 4.78 is 26.6. The summed E-state index contributed by atoms with van der Waals surface area (Å²) in [5.74, 6) is -0.579. The van der Waals surface area contributed by atoms with Gasteiger partial charge in [0.15, 0.2) is 28.5 Å². The number of piperazine rings is 1. The molecule has 2 saturated heterocycles. The number of pyridine rings is 1. The van der Waals surface area contributed by atoms with Gasteiger partial charge in [0.1, 0.15) is 17.1 Å². The van der Waals surface area contributed by atoms with Gasteiger partial charge in [0.05, 0.1) is 12.2 Å². The van der Waals surface area contributed by atoms with Crippen LogP contribution in [0.25, 0.3) is 11.1 Å². The molecule has 3 amide bonds. The van der Waals surface area contributed by atoms with E-state index in [1.807, 2.05) is 19.1 Å². The number of furan rings is 1. The molecule has 11 heteroatoms. The lowest BCUT2D eigenvalue weighted by Gasteiger charge is -2.34. The Morgan fingerprint density at radius 3 is 2.60 bits per heavy atom. The van der Waals surface area contributed by atoms with E-state index < -0.39 is 23.3 Å². The van der Waals surface area contributed by atoms with Crippen LogP contribution in [-0.2, 0) is 16.8 Å². The van der Waals surface area contributed by atoms with Crippen LogP contribution in [-0.4, -0.2) is 66.9 Å². The van der Waals surface area contributed by atoms with Gasteiger partial charge in [-0.1, -0.05) is 19.9 Å². The van der Waals surface area contributed by atoms with E-state index in [-0.39, 0.29) is 41.8 Å². The highest BCUT2D eigenvalue weighted by atomic mass is 19.1. The largest absolute Gasteiger partial charge is 0.491 e. The number of Topliss-reactive ketones (excluding diaryl/α,β-unsaturated/α-hetero) is 1. The van der Waals surface area contributed by atoms with E-state index in [1.165, 1.54) is 0 Å². The fourth-order valence-corrected chi connectivity index (χ4v) is 6.58. The van der Waals surface area contributed by atoms with Crippen molar-refractivity contribution in [2.75, 3.05) is 44.2 Å². The van der Waals surface area contributed by atoms with Gasteiger partial charge in [-0.15, -0.1) is 0 Å². The number of nitrogens with one attached hydrogen (secondary N) is 2. The molecule has 10 nitrogen and oxygen atoms in total. The van der Waals surface area contributed by atoms with Crippen LogP contribution in [0.15, 0.2) is 34.7 Å². The third kappa shape index (κ3) is 4.89. The molecule has 2 fully saturated rings. The molecule has 3 aliphatic rings. The van der Waals surface area contributed by atoms with Crippen LogP contribution in [0, 0.1) is 17.7 Å². The number of hydrogen-bond donors (Lipinski definition) is 2. The number of urea groups is 1. The summed E-state index contributed by atoms with van der Waals surface area (Å²) in [5, 5.41) is 5.19. The Kier molecular flexibility index (Phi) is 7.38. The molecule has 2 aliphatic heterocycles. The third-order valence-corrected chi connectivity index (χ3v) is 9.00. The monoisotopic (exact) mass is 577 g/mol. The van der Waals surface area contributed by atoms with Crippen LogP contribution in [0.3, 0.4) is 0 Å². The Morgan fingerprint density at radius 2 is 1.90 bits per heavy atom. The normalized spacial score (nSPS) is 23.6. The van der Waals surface area contributed by atoms with Gasteiger partial charge in [-0.25, -0.2) is 14.2 Å². The van der Waals surface area contributed by atoms with Crippen LogP contribution >= 0.6 is 0 Å². The number of rotatable bonds is 8. The van der Waals surface area contributed by atoms with E-state index in [0.29, 0.717) is 35.5 Å². The van der Waals surface area contributed by atoms with E-state index >= 15 is 4.39 Å². The molecule has 0 saturated carbocycles. The van der Waals surface area contributed by atoms with Crippen LogP contribution in [0.4, 0.5) is 15.0 Å². The molecule has 0 spiro atoms. The minimum atomic E-state index is -1.46. The number of carbonyl (C=O) groups is 3. The molecule has 3 unspecified atom stereocenters. The van der Waals surface area contributed by atoms with Gasteiger partial charge in [-0.2, -0.15) is 0 Å². The van der Waals surface area contributed by atoms with Gasteiger partial charge in [0.25, 0.3) is 5.91 Å². The summed E-state index contributed by atoms with van der Waals surface area (Å²) in [5.41, 5.74) is 0.366. The predicted molar refractivity (Wildman–Crippen MR) is 154 cm³/mol. The Balaban J connectivity index is 1.27. The van der Waals surface area contributed by atoms with Crippen molar-refractivity contribution in [2.45, 2.75) is 45.6 Å². The van der Waals surface area contributed by atoms with E-state index in [4.69, 9.17) is 14.1 Å². The molecule has 1 aliphatic carbocycles. The van der Waals surface area contributed by atoms with Crippen molar-refractivity contribution in [1.82, 2.24) is 20.5 Å². The van der Waals surface area contributed by atoms with Crippen LogP contribution in [0.1, 0.15) is 55.3 Å². The summed E-state index contributed by atoms with van der Waals surface area (Å²) in [6, 6.07) is 8.19. The van der Waals surface area contributed by atoms with Gasteiger partial charge in [0.2, 0.25) is 0 Å². The van der Waals surface area contributed by atoms with Crippen molar-refractivity contribution < 1.29 is 27.9 Å². The average molecular weight is 578 g/mol. The molecule has 0 bridgehead atoms. The minimum absolute atomic E-state index is 0.0743. The number of aromatic nitrogens is 1. The number of fused-ring (bicyclic) bond motifs is 2. The van der Waals surface area contributed by atoms with Crippen molar-refractivity contribution in [3.63, 3.8) is 0 Å². The van der Waals surface area contributed by atoms with Gasteiger partial charge in [-0.3, -0.25) is 14.9 Å². The number of imide groups is 1. The summed E-state index contributed by atoms with van der Waals surface area (Å²) >= 11 is 0. The maximum absolute atomic E-state index is 15.0. The quantitative estimate of drug-likeness (QED) is 0.386. The SMILES string of the molecule is CCOc1ccc2c(c1F)C(=O)CC(C(C)CC1(c3cc4nc(N5CCN(CC)CC5)ccc4o3)NC(=O)NC1=O)C2. The molecule has 2 N–H and O–H groups in total.